The Bertz CT molecular complexity index is 425. The summed E-state index contributed by atoms with van der Waals surface area (Å²) in [7, 11) is 1.70. The third-order valence-electron chi connectivity index (χ3n) is 2.72. The van der Waals surface area contributed by atoms with Crippen molar-refractivity contribution >= 4 is 17.6 Å². The Labute approximate surface area is 94.5 Å². The predicted octanol–water partition coefficient (Wildman–Crippen LogP) is 1.78. The smallest absolute Gasteiger partial charge is 0.327 e. The molecule has 0 bridgehead atoms. The third-order valence-corrected chi connectivity index (χ3v) is 2.72. The Hall–Kier alpha value is -1.84. The number of aryl methyl sites for hydroxylation is 1. The lowest BCUT2D eigenvalue weighted by molar-refractivity contribution is -0.119. The number of anilines is 1. The highest BCUT2D eigenvalue weighted by atomic mass is 16.2. The molecule has 1 saturated heterocycles. The summed E-state index contributed by atoms with van der Waals surface area (Å²) in [5, 5.41) is 0. The van der Waals surface area contributed by atoms with Crippen LogP contribution in [0.25, 0.3) is 0 Å². The Balaban J connectivity index is 2.34. The molecule has 0 aromatic heterocycles. The van der Waals surface area contributed by atoms with E-state index >= 15 is 0 Å². The van der Waals surface area contributed by atoms with Crippen molar-refractivity contribution in [3.8, 4) is 0 Å². The summed E-state index contributed by atoms with van der Waals surface area (Å²) in [6.45, 7) is 2.47. The fraction of sp³-hybridized carbons (Fsp3) is 0.333. The van der Waals surface area contributed by atoms with E-state index in [2.05, 4.69) is 0 Å². The van der Waals surface area contributed by atoms with Gasteiger partial charge in [0.05, 0.1) is 5.69 Å². The van der Waals surface area contributed by atoms with Crippen LogP contribution in [0.5, 0.6) is 0 Å². The van der Waals surface area contributed by atoms with Gasteiger partial charge in [0.15, 0.2) is 0 Å². The van der Waals surface area contributed by atoms with Crippen LogP contribution in [0, 0.1) is 6.92 Å². The quantitative estimate of drug-likeness (QED) is 0.721. The molecular weight excluding hydrogens is 204 g/mol. The molecule has 1 aromatic rings. The highest BCUT2D eigenvalue weighted by Crippen LogP contribution is 2.20. The highest BCUT2D eigenvalue weighted by molar-refractivity contribution is 6.15. The third kappa shape index (κ3) is 1.78. The molecule has 0 atom stereocenters. The molecule has 1 aromatic carbocycles. The first-order valence-corrected chi connectivity index (χ1v) is 5.24. The SMILES string of the molecule is Cc1ccc(N2C(=O)CCN(C)C2=O)cc1. The number of benzene rings is 1. The predicted molar refractivity (Wildman–Crippen MR) is 61.3 cm³/mol. The molecule has 2 rings (SSSR count). The van der Waals surface area contributed by atoms with Gasteiger partial charge >= 0.3 is 6.03 Å². The molecule has 84 valence electrons. The lowest BCUT2D eigenvalue weighted by Crippen LogP contribution is -2.50. The molecular formula is C12H14N2O2. The normalized spacial score (nSPS) is 16.9. The van der Waals surface area contributed by atoms with Gasteiger partial charge < -0.3 is 4.90 Å². The first kappa shape index (κ1) is 10.7. The average Bonchev–Trinajstić information content (AvgIpc) is 2.27. The Morgan fingerprint density at radius 2 is 1.75 bits per heavy atom. The average molecular weight is 218 g/mol. The Morgan fingerprint density at radius 1 is 1.12 bits per heavy atom. The van der Waals surface area contributed by atoms with Crippen molar-refractivity contribution in [1.82, 2.24) is 4.90 Å². The van der Waals surface area contributed by atoms with Crippen LogP contribution in [0.2, 0.25) is 0 Å². The molecule has 1 aliphatic heterocycles. The lowest BCUT2D eigenvalue weighted by Gasteiger charge is -2.31. The van der Waals surface area contributed by atoms with E-state index in [1.54, 1.807) is 24.1 Å². The molecule has 16 heavy (non-hydrogen) atoms. The van der Waals surface area contributed by atoms with Crippen molar-refractivity contribution < 1.29 is 9.59 Å². The standard InChI is InChI=1S/C12H14N2O2/c1-9-3-5-10(6-4-9)14-11(15)7-8-13(2)12(14)16/h3-6H,7-8H2,1-2H3. The summed E-state index contributed by atoms with van der Waals surface area (Å²) in [4.78, 5) is 26.4. The molecule has 4 heteroatoms. The van der Waals surface area contributed by atoms with Crippen LogP contribution >= 0.6 is 0 Å². The van der Waals surface area contributed by atoms with Crippen LogP contribution in [0.1, 0.15) is 12.0 Å². The van der Waals surface area contributed by atoms with E-state index < -0.39 is 0 Å². The van der Waals surface area contributed by atoms with Gasteiger partial charge in [-0.15, -0.1) is 0 Å². The van der Waals surface area contributed by atoms with Gasteiger partial charge in [-0.25, -0.2) is 9.69 Å². The van der Waals surface area contributed by atoms with Gasteiger partial charge in [0.2, 0.25) is 5.91 Å². The zero-order chi connectivity index (χ0) is 11.7. The molecule has 0 spiro atoms. The highest BCUT2D eigenvalue weighted by Gasteiger charge is 2.30. The number of imide groups is 1. The van der Waals surface area contributed by atoms with Crippen LogP contribution in [-0.2, 0) is 4.79 Å². The van der Waals surface area contributed by atoms with E-state index in [1.165, 1.54) is 4.90 Å². The number of hydrogen-bond acceptors (Lipinski definition) is 2. The van der Waals surface area contributed by atoms with Crippen molar-refractivity contribution in [2.24, 2.45) is 0 Å². The van der Waals surface area contributed by atoms with E-state index in [4.69, 9.17) is 0 Å². The van der Waals surface area contributed by atoms with Crippen molar-refractivity contribution in [2.45, 2.75) is 13.3 Å². The van der Waals surface area contributed by atoms with Crippen LogP contribution < -0.4 is 4.90 Å². The largest absolute Gasteiger partial charge is 0.331 e. The zero-order valence-corrected chi connectivity index (χ0v) is 9.43. The van der Waals surface area contributed by atoms with Gasteiger partial charge in [-0.1, -0.05) is 17.7 Å². The van der Waals surface area contributed by atoms with E-state index in [0.717, 1.165) is 5.56 Å². The summed E-state index contributed by atoms with van der Waals surface area (Å²) in [5.74, 6) is -0.132. The summed E-state index contributed by atoms with van der Waals surface area (Å²) in [6.07, 6.45) is 0.385. The Kier molecular flexibility index (Phi) is 2.64. The van der Waals surface area contributed by atoms with Gasteiger partial charge in [0.1, 0.15) is 0 Å². The summed E-state index contributed by atoms with van der Waals surface area (Å²) >= 11 is 0. The maximum absolute atomic E-state index is 11.9. The van der Waals surface area contributed by atoms with Gasteiger partial charge in [-0.3, -0.25) is 4.79 Å². The second kappa shape index (κ2) is 3.96. The van der Waals surface area contributed by atoms with Gasteiger partial charge in [0.25, 0.3) is 0 Å². The monoisotopic (exact) mass is 218 g/mol. The molecule has 1 heterocycles. The molecule has 0 saturated carbocycles. The van der Waals surface area contributed by atoms with Crippen molar-refractivity contribution in [1.29, 1.82) is 0 Å². The molecule has 0 unspecified atom stereocenters. The van der Waals surface area contributed by atoms with E-state index in [-0.39, 0.29) is 11.9 Å². The molecule has 1 fully saturated rings. The van der Waals surface area contributed by atoms with Gasteiger partial charge in [-0.05, 0) is 19.1 Å². The minimum absolute atomic E-state index is 0.132. The molecule has 4 nitrogen and oxygen atoms in total. The topological polar surface area (TPSA) is 40.6 Å². The maximum Gasteiger partial charge on any atom is 0.331 e. The number of carbonyl (C=O) groups excluding carboxylic acids is 2. The first-order valence-electron chi connectivity index (χ1n) is 5.24. The molecule has 0 N–H and O–H groups in total. The fourth-order valence-electron chi connectivity index (χ4n) is 1.70. The molecule has 0 aliphatic carbocycles. The lowest BCUT2D eigenvalue weighted by atomic mass is 10.2. The van der Waals surface area contributed by atoms with Gasteiger partial charge in [0, 0.05) is 20.0 Å². The number of hydrogen-bond donors (Lipinski definition) is 0. The zero-order valence-electron chi connectivity index (χ0n) is 9.43. The van der Waals surface area contributed by atoms with E-state index in [0.29, 0.717) is 18.7 Å². The number of amides is 3. The maximum atomic E-state index is 11.9. The van der Waals surface area contributed by atoms with E-state index in [1.807, 2.05) is 19.1 Å². The fourth-order valence-corrected chi connectivity index (χ4v) is 1.70. The molecule has 3 amide bonds. The number of rotatable bonds is 1. The summed E-state index contributed by atoms with van der Waals surface area (Å²) in [5.41, 5.74) is 1.75. The van der Waals surface area contributed by atoms with E-state index in [9.17, 15) is 9.59 Å². The van der Waals surface area contributed by atoms with Crippen molar-refractivity contribution in [3.63, 3.8) is 0 Å². The van der Waals surface area contributed by atoms with Crippen LogP contribution in [0.3, 0.4) is 0 Å². The minimum atomic E-state index is -0.250. The summed E-state index contributed by atoms with van der Waals surface area (Å²) in [6, 6.07) is 7.13. The van der Waals surface area contributed by atoms with Gasteiger partial charge in [-0.2, -0.15) is 0 Å². The van der Waals surface area contributed by atoms with Crippen molar-refractivity contribution in [3.05, 3.63) is 29.8 Å². The second-order valence-corrected chi connectivity index (χ2v) is 4.02. The molecule has 0 radical (unpaired) electrons. The number of urea groups is 1. The number of carbonyl (C=O) groups is 2. The van der Waals surface area contributed by atoms with Crippen LogP contribution in [0.15, 0.2) is 24.3 Å². The summed E-state index contributed by atoms with van der Waals surface area (Å²) < 4.78 is 0. The van der Waals surface area contributed by atoms with Crippen LogP contribution in [-0.4, -0.2) is 30.4 Å². The Morgan fingerprint density at radius 3 is 2.38 bits per heavy atom. The molecule has 1 aliphatic rings. The van der Waals surface area contributed by atoms with Crippen molar-refractivity contribution in [2.75, 3.05) is 18.5 Å². The first-order chi connectivity index (χ1) is 7.59. The number of nitrogens with zero attached hydrogens (tertiary/aromatic N) is 2. The van der Waals surface area contributed by atoms with Crippen LogP contribution in [0.4, 0.5) is 10.5 Å². The second-order valence-electron chi connectivity index (χ2n) is 4.02. The minimum Gasteiger partial charge on any atom is -0.327 e.